The summed E-state index contributed by atoms with van der Waals surface area (Å²) in [4.78, 5) is 22.7. The highest BCUT2D eigenvalue weighted by Crippen LogP contribution is 2.26. The van der Waals surface area contributed by atoms with Crippen molar-refractivity contribution in [3.63, 3.8) is 0 Å². The number of carbonyl (C=O) groups is 2. The zero-order valence-corrected chi connectivity index (χ0v) is 9.02. The van der Waals surface area contributed by atoms with Crippen molar-refractivity contribution >= 4 is 22.6 Å². The molecule has 1 N–H and O–H groups in total. The van der Waals surface area contributed by atoms with Gasteiger partial charge in [-0.2, -0.15) is 0 Å². The molecule has 1 heterocycles. The highest BCUT2D eigenvalue weighted by molar-refractivity contribution is 6.08. The molecule has 0 radical (unpaired) electrons. The molecule has 0 spiro atoms. The molecule has 0 saturated carbocycles. The first kappa shape index (κ1) is 10.4. The molecule has 2 aromatic rings. The van der Waals surface area contributed by atoms with Gasteiger partial charge in [-0.25, -0.2) is 0 Å². The molecule has 0 unspecified atom stereocenters. The van der Waals surface area contributed by atoms with E-state index in [2.05, 4.69) is 0 Å². The van der Waals surface area contributed by atoms with Crippen LogP contribution in [-0.4, -0.2) is 21.4 Å². The minimum Gasteiger partial charge on any atom is -0.508 e. The minimum atomic E-state index is -0.157. The maximum atomic E-state index is 11.4. The van der Waals surface area contributed by atoms with Gasteiger partial charge in [-0.3, -0.25) is 14.2 Å². The van der Waals surface area contributed by atoms with E-state index in [1.54, 1.807) is 12.3 Å². The number of rotatable bonds is 1. The first-order chi connectivity index (χ1) is 7.50. The second-order valence-electron chi connectivity index (χ2n) is 3.69. The Morgan fingerprint density at radius 3 is 2.50 bits per heavy atom. The molecule has 4 heteroatoms. The average Bonchev–Trinajstić information content (AvgIpc) is 2.59. The van der Waals surface area contributed by atoms with Gasteiger partial charge in [0, 0.05) is 30.1 Å². The minimum absolute atomic E-state index is 0.0149. The van der Waals surface area contributed by atoms with Crippen LogP contribution in [0.25, 0.3) is 10.9 Å². The topological polar surface area (TPSA) is 59.3 Å². The number of ketones is 1. The van der Waals surface area contributed by atoms with Gasteiger partial charge < -0.3 is 5.11 Å². The van der Waals surface area contributed by atoms with Crippen LogP contribution < -0.4 is 0 Å². The smallest absolute Gasteiger partial charge is 0.227 e. The zero-order chi connectivity index (χ0) is 11.9. The van der Waals surface area contributed by atoms with E-state index < -0.39 is 0 Å². The quantitative estimate of drug-likeness (QED) is 0.745. The Morgan fingerprint density at radius 2 is 1.94 bits per heavy atom. The van der Waals surface area contributed by atoms with Crippen LogP contribution in [-0.2, 0) is 0 Å². The van der Waals surface area contributed by atoms with E-state index >= 15 is 0 Å². The Bertz CT molecular complexity index is 596. The van der Waals surface area contributed by atoms with Crippen LogP contribution in [0.15, 0.2) is 24.4 Å². The van der Waals surface area contributed by atoms with Crippen molar-refractivity contribution in [3.05, 3.63) is 30.0 Å². The van der Waals surface area contributed by atoms with Gasteiger partial charge in [0.2, 0.25) is 5.91 Å². The van der Waals surface area contributed by atoms with Crippen molar-refractivity contribution in [2.75, 3.05) is 0 Å². The highest BCUT2D eigenvalue weighted by atomic mass is 16.3. The lowest BCUT2D eigenvalue weighted by Gasteiger charge is -2.03. The molecule has 16 heavy (non-hydrogen) atoms. The average molecular weight is 217 g/mol. The van der Waals surface area contributed by atoms with Crippen LogP contribution in [0.5, 0.6) is 5.75 Å². The number of nitrogens with zero attached hydrogens (tertiary/aromatic N) is 1. The van der Waals surface area contributed by atoms with Crippen LogP contribution in [0.2, 0.25) is 0 Å². The number of fused-ring (bicyclic) bond motifs is 1. The molecule has 0 aliphatic rings. The van der Waals surface area contributed by atoms with E-state index in [0.29, 0.717) is 16.5 Å². The standard InChI is InChI=1S/C12H11NO3/c1-7(14)11-5-9(16)6-12-10(11)3-4-13(12)8(2)15/h3-6,16H,1-2H3. The normalized spacial score (nSPS) is 10.6. The van der Waals surface area contributed by atoms with Crippen molar-refractivity contribution < 1.29 is 14.7 Å². The molecular formula is C12H11NO3. The molecule has 0 fully saturated rings. The number of hydrogen-bond donors (Lipinski definition) is 1. The monoisotopic (exact) mass is 217 g/mol. The lowest BCUT2D eigenvalue weighted by atomic mass is 10.1. The van der Waals surface area contributed by atoms with Gasteiger partial charge in [0.25, 0.3) is 0 Å². The van der Waals surface area contributed by atoms with Crippen molar-refractivity contribution in [2.24, 2.45) is 0 Å². The largest absolute Gasteiger partial charge is 0.508 e. The van der Waals surface area contributed by atoms with Gasteiger partial charge in [0.1, 0.15) is 5.75 Å². The van der Waals surface area contributed by atoms with E-state index in [1.165, 1.54) is 30.5 Å². The van der Waals surface area contributed by atoms with Crippen molar-refractivity contribution in [1.82, 2.24) is 4.57 Å². The number of hydrogen-bond acceptors (Lipinski definition) is 3. The third kappa shape index (κ3) is 1.48. The fraction of sp³-hybridized carbons (Fsp3) is 0.167. The molecule has 0 aliphatic carbocycles. The van der Waals surface area contributed by atoms with Crippen molar-refractivity contribution in [3.8, 4) is 5.75 Å². The number of aromatic hydroxyl groups is 1. The molecule has 0 amide bonds. The molecule has 1 aromatic carbocycles. The number of carbonyl (C=O) groups excluding carboxylic acids is 2. The van der Waals surface area contributed by atoms with Crippen LogP contribution in [0.1, 0.15) is 29.0 Å². The lowest BCUT2D eigenvalue weighted by molar-refractivity contribution is 0.0940. The summed E-state index contributed by atoms with van der Waals surface area (Å²) in [7, 11) is 0. The summed E-state index contributed by atoms with van der Waals surface area (Å²) in [5.74, 6) is -0.309. The van der Waals surface area contributed by atoms with Crippen LogP contribution in [0.3, 0.4) is 0 Å². The Kier molecular flexibility index (Phi) is 2.27. The molecule has 0 bridgehead atoms. The van der Waals surface area contributed by atoms with Gasteiger partial charge in [0.05, 0.1) is 5.52 Å². The van der Waals surface area contributed by atoms with Gasteiger partial charge in [-0.15, -0.1) is 0 Å². The molecule has 0 aliphatic heterocycles. The summed E-state index contributed by atoms with van der Waals surface area (Å²) in [5, 5.41) is 10.2. The lowest BCUT2D eigenvalue weighted by Crippen LogP contribution is -2.03. The van der Waals surface area contributed by atoms with E-state index in [9.17, 15) is 14.7 Å². The van der Waals surface area contributed by atoms with Crippen molar-refractivity contribution in [2.45, 2.75) is 13.8 Å². The summed E-state index contributed by atoms with van der Waals surface area (Å²) in [6.07, 6.45) is 1.60. The summed E-state index contributed by atoms with van der Waals surface area (Å²) in [5.41, 5.74) is 0.979. The number of aromatic nitrogens is 1. The molecule has 2 rings (SSSR count). The maximum Gasteiger partial charge on any atom is 0.227 e. The fourth-order valence-corrected chi connectivity index (χ4v) is 1.79. The molecular weight excluding hydrogens is 206 g/mol. The summed E-state index contributed by atoms with van der Waals surface area (Å²) < 4.78 is 1.40. The molecule has 1 aromatic heterocycles. The van der Waals surface area contributed by atoms with E-state index in [0.717, 1.165) is 0 Å². The second kappa shape index (κ2) is 3.48. The van der Waals surface area contributed by atoms with Crippen LogP contribution >= 0.6 is 0 Å². The van der Waals surface area contributed by atoms with Gasteiger partial charge in [0.15, 0.2) is 5.78 Å². The zero-order valence-electron chi connectivity index (χ0n) is 9.02. The number of benzene rings is 1. The maximum absolute atomic E-state index is 11.4. The first-order valence-corrected chi connectivity index (χ1v) is 4.86. The molecule has 0 saturated heterocycles. The van der Waals surface area contributed by atoms with Crippen LogP contribution in [0, 0.1) is 0 Å². The van der Waals surface area contributed by atoms with Crippen LogP contribution in [0.4, 0.5) is 0 Å². The predicted molar refractivity (Wildman–Crippen MR) is 59.9 cm³/mol. The van der Waals surface area contributed by atoms with E-state index in [4.69, 9.17) is 0 Å². The second-order valence-corrected chi connectivity index (χ2v) is 3.69. The third-order valence-corrected chi connectivity index (χ3v) is 2.51. The van der Waals surface area contributed by atoms with E-state index in [-0.39, 0.29) is 17.4 Å². The predicted octanol–water partition coefficient (Wildman–Crippen LogP) is 2.21. The summed E-state index contributed by atoms with van der Waals surface area (Å²) >= 11 is 0. The SMILES string of the molecule is CC(=O)c1cc(O)cc2c1ccn2C(C)=O. The molecule has 4 nitrogen and oxygen atoms in total. The summed E-state index contributed by atoms with van der Waals surface area (Å²) in [6.45, 7) is 2.86. The number of phenolic OH excluding ortho intramolecular Hbond substituents is 1. The Labute approximate surface area is 92.1 Å². The van der Waals surface area contributed by atoms with E-state index in [1.807, 2.05) is 0 Å². The first-order valence-electron chi connectivity index (χ1n) is 4.86. The third-order valence-electron chi connectivity index (χ3n) is 2.51. The number of Topliss-reactive ketones (excluding diaryl/α,β-unsaturated/α-hetero) is 1. The Morgan fingerprint density at radius 1 is 1.25 bits per heavy atom. The summed E-state index contributed by atoms with van der Waals surface area (Å²) in [6, 6.07) is 4.59. The highest BCUT2D eigenvalue weighted by Gasteiger charge is 2.12. The fourth-order valence-electron chi connectivity index (χ4n) is 1.79. The molecule has 82 valence electrons. The van der Waals surface area contributed by atoms with Crippen molar-refractivity contribution in [1.29, 1.82) is 0 Å². The molecule has 0 atom stereocenters. The number of phenols is 1. The van der Waals surface area contributed by atoms with Gasteiger partial charge in [-0.1, -0.05) is 0 Å². The Hall–Kier alpha value is -2.10. The Balaban J connectivity index is 2.86. The van der Waals surface area contributed by atoms with Gasteiger partial charge in [-0.05, 0) is 19.1 Å². The van der Waals surface area contributed by atoms with Gasteiger partial charge >= 0.3 is 0 Å².